The smallest absolute Gasteiger partial charge is 0.246 e. The summed E-state index contributed by atoms with van der Waals surface area (Å²) < 4.78 is 11.3. The lowest BCUT2D eigenvalue weighted by molar-refractivity contribution is -0.133. The van der Waals surface area contributed by atoms with Crippen LogP contribution in [-0.4, -0.2) is 50.8 Å². The monoisotopic (exact) mass is 397 g/mol. The van der Waals surface area contributed by atoms with E-state index in [4.69, 9.17) is 9.47 Å². The lowest BCUT2D eigenvalue weighted by Crippen LogP contribution is -2.34. The third kappa shape index (κ3) is 3.22. The molecule has 1 atom stereocenters. The van der Waals surface area contributed by atoms with Crippen LogP contribution < -0.4 is 9.47 Å². The van der Waals surface area contributed by atoms with Gasteiger partial charge in [0, 0.05) is 6.54 Å². The van der Waals surface area contributed by atoms with Crippen LogP contribution in [-0.2, 0) is 11.3 Å². The molecule has 0 spiro atoms. The Kier molecular flexibility index (Phi) is 4.44. The Bertz CT molecular complexity index is 987. The molecular formula is C19H19N5O3S. The van der Waals surface area contributed by atoms with Gasteiger partial charge in [-0.05, 0) is 47.2 Å². The van der Waals surface area contributed by atoms with E-state index in [9.17, 15) is 4.79 Å². The predicted octanol–water partition coefficient (Wildman–Crippen LogP) is 2.54. The van der Waals surface area contributed by atoms with Crippen LogP contribution in [0.2, 0.25) is 0 Å². The summed E-state index contributed by atoms with van der Waals surface area (Å²) >= 11 is 1.55. The number of fused-ring (bicyclic) bond motifs is 1. The average molecular weight is 397 g/mol. The highest BCUT2D eigenvalue weighted by molar-refractivity contribution is 7.13. The summed E-state index contributed by atoms with van der Waals surface area (Å²) in [4.78, 5) is 17.1. The molecule has 2 aliphatic heterocycles. The van der Waals surface area contributed by atoms with Gasteiger partial charge in [0.25, 0.3) is 0 Å². The molecule has 1 saturated heterocycles. The Morgan fingerprint density at radius 2 is 2.11 bits per heavy atom. The van der Waals surface area contributed by atoms with Crippen molar-refractivity contribution in [3.63, 3.8) is 0 Å². The summed E-state index contributed by atoms with van der Waals surface area (Å²) in [5, 5.41) is 14.4. The van der Waals surface area contributed by atoms with E-state index in [2.05, 4.69) is 15.4 Å². The predicted molar refractivity (Wildman–Crippen MR) is 102 cm³/mol. The topological polar surface area (TPSA) is 82.4 Å². The lowest BCUT2D eigenvalue weighted by Gasteiger charge is -2.26. The number of carbonyl (C=O) groups excluding carboxylic acids is 1. The second kappa shape index (κ2) is 7.23. The average Bonchev–Trinajstić information content (AvgIpc) is 3.48. The van der Waals surface area contributed by atoms with E-state index in [0.29, 0.717) is 19.0 Å². The van der Waals surface area contributed by atoms with Crippen molar-refractivity contribution in [2.24, 2.45) is 0 Å². The van der Waals surface area contributed by atoms with Gasteiger partial charge < -0.3 is 14.4 Å². The van der Waals surface area contributed by atoms with E-state index in [1.54, 1.807) is 11.3 Å². The molecule has 1 aromatic carbocycles. The zero-order valence-corrected chi connectivity index (χ0v) is 16.0. The Morgan fingerprint density at radius 3 is 2.96 bits per heavy atom. The molecule has 5 rings (SSSR count). The first-order valence-corrected chi connectivity index (χ1v) is 10.2. The van der Waals surface area contributed by atoms with Crippen LogP contribution in [0.4, 0.5) is 0 Å². The molecule has 0 radical (unpaired) electrons. The van der Waals surface area contributed by atoms with Gasteiger partial charge in [-0.1, -0.05) is 12.1 Å². The second-order valence-electron chi connectivity index (χ2n) is 6.77. The Labute approximate surface area is 165 Å². The molecule has 2 aromatic heterocycles. The van der Waals surface area contributed by atoms with E-state index in [-0.39, 0.29) is 18.5 Å². The molecule has 8 nitrogen and oxygen atoms in total. The van der Waals surface area contributed by atoms with E-state index < -0.39 is 0 Å². The summed E-state index contributed by atoms with van der Waals surface area (Å²) in [6, 6.07) is 9.85. The molecule has 9 heteroatoms. The molecule has 0 unspecified atom stereocenters. The van der Waals surface area contributed by atoms with Gasteiger partial charge in [0.15, 0.2) is 11.5 Å². The van der Waals surface area contributed by atoms with Crippen molar-refractivity contribution in [3.05, 3.63) is 41.3 Å². The Morgan fingerprint density at radius 1 is 1.21 bits per heavy atom. The number of tetrazole rings is 1. The van der Waals surface area contributed by atoms with Crippen LogP contribution in [0.5, 0.6) is 11.5 Å². The van der Waals surface area contributed by atoms with E-state index in [0.717, 1.165) is 41.3 Å². The molecule has 1 fully saturated rings. The zero-order valence-electron chi connectivity index (χ0n) is 15.2. The van der Waals surface area contributed by atoms with Crippen molar-refractivity contribution in [3.8, 4) is 22.2 Å². The molecule has 0 saturated carbocycles. The fourth-order valence-corrected chi connectivity index (χ4v) is 4.35. The van der Waals surface area contributed by atoms with Crippen LogP contribution >= 0.6 is 11.3 Å². The quantitative estimate of drug-likeness (QED) is 0.673. The molecule has 2 aliphatic rings. The summed E-state index contributed by atoms with van der Waals surface area (Å²) in [6.45, 7) is 1.93. The molecule has 1 amide bonds. The Hall–Kier alpha value is -2.94. The van der Waals surface area contributed by atoms with Gasteiger partial charge in [0.1, 0.15) is 19.8 Å². The van der Waals surface area contributed by atoms with Crippen molar-refractivity contribution in [2.45, 2.75) is 25.4 Å². The third-order valence-corrected chi connectivity index (χ3v) is 5.86. The minimum atomic E-state index is -0.00693. The number of thiophene rings is 1. The van der Waals surface area contributed by atoms with Crippen molar-refractivity contribution in [1.29, 1.82) is 0 Å². The largest absolute Gasteiger partial charge is 0.486 e. The van der Waals surface area contributed by atoms with Crippen LogP contribution in [0.25, 0.3) is 10.7 Å². The minimum absolute atomic E-state index is 0.00693. The fraction of sp³-hybridized carbons (Fsp3) is 0.368. The number of carbonyl (C=O) groups is 1. The van der Waals surface area contributed by atoms with Crippen molar-refractivity contribution in [2.75, 3.05) is 19.8 Å². The molecule has 0 aliphatic carbocycles. The molecule has 4 heterocycles. The van der Waals surface area contributed by atoms with Crippen molar-refractivity contribution in [1.82, 2.24) is 25.1 Å². The van der Waals surface area contributed by atoms with Gasteiger partial charge in [-0.3, -0.25) is 4.79 Å². The number of likely N-dealkylation sites (tertiary alicyclic amines) is 1. The van der Waals surface area contributed by atoms with E-state index >= 15 is 0 Å². The summed E-state index contributed by atoms with van der Waals surface area (Å²) in [5.41, 5.74) is 1.07. The van der Waals surface area contributed by atoms with Gasteiger partial charge in [0.2, 0.25) is 11.7 Å². The van der Waals surface area contributed by atoms with Gasteiger partial charge in [-0.2, -0.15) is 4.80 Å². The summed E-state index contributed by atoms with van der Waals surface area (Å²) in [6.07, 6.45) is 1.90. The number of rotatable bonds is 4. The van der Waals surface area contributed by atoms with Crippen LogP contribution in [0, 0.1) is 0 Å². The van der Waals surface area contributed by atoms with Crippen LogP contribution in [0.3, 0.4) is 0 Å². The van der Waals surface area contributed by atoms with Crippen LogP contribution in [0.15, 0.2) is 35.7 Å². The highest BCUT2D eigenvalue weighted by atomic mass is 32.1. The lowest BCUT2D eigenvalue weighted by atomic mass is 10.0. The van der Waals surface area contributed by atoms with Crippen molar-refractivity contribution >= 4 is 17.2 Å². The molecule has 0 N–H and O–H groups in total. The van der Waals surface area contributed by atoms with E-state index in [1.165, 1.54) is 4.80 Å². The maximum atomic E-state index is 12.9. The number of hydrogen-bond donors (Lipinski definition) is 0. The number of benzene rings is 1. The molecule has 0 bridgehead atoms. The molecule has 3 aromatic rings. The van der Waals surface area contributed by atoms with Gasteiger partial charge in [-0.15, -0.1) is 21.5 Å². The van der Waals surface area contributed by atoms with Gasteiger partial charge >= 0.3 is 0 Å². The molecule has 144 valence electrons. The number of ether oxygens (including phenoxy) is 2. The normalized spacial score (nSPS) is 18.4. The highest BCUT2D eigenvalue weighted by Crippen LogP contribution is 2.38. The van der Waals surface area contributed by atoms with E-state index in [1.807, 2.05) is 40.6 Å². The van der Waals surface area contributed by atoms with Crippen LogP contribution in [0.1, 0.15) is 24.4 Å². The first kappa shape index (κ1) is 17.2. The number of amides is 1. The Balaban J connectivity index is 1.32. The molecule has 28 heavy (non-hydrogen) atoms. The second-order valence-corrected chi connectivity index (χ2v) is 7.72. The first-order chi connectivity index (χ1) is 13.8. The molecular weight excluding hydrogens is 378 g/mol. The SMILES string of the molecule is O=C(Cn1nnc(-c2cccs2)n1)N1CCC[C@@H]1c1ccc2c(c1)OCCO2. The van der Waals surface area contributed by atoms with Gasteiger partial charge in [0.05, 0.1) is 10.9 Å². The minimum Gasteiger partial charge on any atom is -0.486 e. The standard InChI is InChI=1S/C19H19N5O3S/c25-18(12-24-21-19(20-22-24)17-4-2-10-28-17)23-7-1-3-14(23)13-5-6-15-16(11-13)27-9-8-26-15/h2,4-6,10-11,14H,1,3,7-9,12H2/t14-/m1/s1. The maximum Gasteiger partial charge on any atom is 0.246 e. The number of hydrogen-bond acceptors (Lipinski definition) is 7. The fourth-order valence-electron chi connectivity index (χ4n) is 3.71. The summed E-state index contributed by atoms with van der Waals surface area (Å²) in [5.74, 6) is 2.06. The summed E-state index contributed by atoms with van der Waals surface area (Å²) in [7, 11) is 0. The van der Waals surface area contributed by atoms with Gasteiger partial charge in [-0.25, -0.2) is 0 Å². The number of nitrogens with zero attached hydrogens (tertiary/aromatic N) is 5. The zero-order chi connectivity index (χ0) is 18.9. The highest BCUT2D eigenvalue weighted by Gasteiger charge is 2.31. The number of aromatic nitrogens is 4. The first-order valence-electron chi connectivity index (χ1n) is 9.28. The maximum absolute atomic E-state index is 12.9. The van der Waals surface area contributed by atoms with Crippen molar-refractivity contribution < 1.29 is 14.3 Å². The third-order valence-electron chi connectivity index (χ3n) is 5.00.